The number of aryl methyl sites for hydroxylation is 2. The van der Waals surface area contributed by atoms with Crippen molar-refractivity contribution < 1.29 is 0 Å². The Bertz CT molecular complexity index is 553. The lowest BCUT2D eigenvalue weighted by molar-refractivity contribution is 0.863. The molecule has 0 aromatic carbocycles. The van der Waals surface area contributed by atoms with E-state index >= 15 is 0 Å². The lowest BCUT2D eigenvalue weighted by atomic mass is 10.5. The maximum atomic E-state index is 11.3. The van der Waals surface area contributed by atoms with Crippen LogP contribution < -0.4 is 11.0 Å². The summed E-state index contributed by atoms with van der Waals surface area (Å²) < 4.78 is 2.26. The standard InChI is InChI=1S/C10H11BrN4O/c1-6-3-4-7(2)15(6)14-9-8(11)10(16)13-5-12-9/h3-5H,1-2H3,(H2,12,13,14,16). The molecule has 0 saturated heterocycles. The highest BCUT2D eigenvalue weighted by Crippen LogP contribution is 2.15. The van der Waals surface area contributed by atoms with Crippen LogP contribution in [0.1, 0.15) is 11.4 Å². The highest BCUT2D eigenvalue weighted by atomic mass is 79.9. The Morgan fingerprint density at radius 1 is 1.38 bits per heavy atom. The van der Waals surface area contributed by atoms with Gasteiger partial charge >= 0.3 is 0 Å². The first-order valence-electron chi connectivity index (χ1n) is 4.75. The molecule has 2 N–H and O–H groups in total. The van der Waals surface area contributed by atoms with Crippen LogP contribution in [-0.4, -0.2) is 14.6 Å². The normalized spacial score (nSPS) is 10.4. The first-order chi connectivity index (χ1) is 7.59. The lowest BCUT2D eigenvalue weighted by Gasteiger charge is -2.12. The average Bonchev–Trinajstić information content (AvgIpc) is 2.56. The Kier molecular flexibility index (Phi) is 2.82. The number of aromatic amines is 1. The number of nitrogens with one attached hydrogen (secondary N) is 2. The largest absolute Gasteiger partial charge is 0.312 e. The van der Waals surface area contributed by atoms with E-state index in [2.05, 4.69) is 31.3 Å². The number of H-pyrrole nitrogens is 1. The maximum absolute atomic E-state index is 11.3. The van der Waals surface area contributed by atoms with E-state index in [-0.39, 0.29) is 5.56 Å². The van der Waals surface area contributed by atoms with Crippen molar-refractivity contribution in [2.45, 2.75) is 13.8 Å². The maximum Gasteiger partial charge on any atom is 0.267 e. The minimum Gasteiger partial charge on any atom is -0.312 e. The zero-order chi connectivity index (χ0) is 11.7. The zero-order valence-electron chi connectivity index (χ0n) is 8.91. The van der Waals surface area contributed by atoms with Crippen LogP contribution in [-0.2, 0) is 0 Å². The van der Waals surface area contributed by atoms with Crippen LogP contribution in [0.3, 0.4) is 0 Å². The fourth-order valence-corrected chi connectivity index (χ4v) is 1.72. The van der Waals surface area contributed by atoms with E-state index in [1.807, 2.05) is 30.7 Å². The van der Waals surface area contributed by atoms with Gasteiger partial charge in [0.25, 0.3) is 5.56 Å². The number of halogens is 1. The summed E-state index contributed by atoms with van der Waals surface area (Å²) in [5.74, 6) is 0.492. The van der Waals surface area contributed by atoms with Gasteiger partial charge in [0.15, 0.2) is 5.82 Å². The van der Waals surface area contributed by atoms with E-state index in [1.165, 1.54) is 6.33 Å². The summed E-state index contributed by atoms with van der Waals surface area (Å²) in [6.45, 7) is 3.95. The number of aromatic nitrogens is 3. The molecule has 2 heterocycles. The van der Waals surface area contributed by atoms with Gasteiger partial charge in [0.05, 0.1) is 6.33 Å². The molecule has 0 unspecified atom stereocenters. The summed E-state index contributed by atoms with van der Waals surface area (Å²) >= 11 is 3.19. The van der Waals surface area contributed by atoms with E-state index < -0.39 is 0 Å². The highest BCUT2D eigenvalue weighted by molar-refractivity contribution is 9.10. The molecule has 0 atom stereocenters. The van der Waals surface area contributed by atoms with Crippen LogP contribution in [0.2, 0.25) is 0 Å². The summed E-state index contributed by atoms with van der Waals surface area (Å²) in [6.07, 6.45) is 1.36. The van der Waals surface area contributed by atoms with Gasteiger partial charge in [0, 0.05) is 11.4 Å². The number of nitrogens with zero attached hydrogens (tertiary/aromatic N) is 2. The Hall–Kier alpha value is -1.56. The third-order valence-electron chi connectivity index (χ3n) is 2.29. The van der Waals surface area contributed by atoms with Gasteiger partial charge in [-0.25, -0.2) is 4.98 Å². The number of hydrogen-bond donors (Lipinski definition) is 2. The van der Waals surface area contributed by atoms with Crippen molar-refractivity contribution in [1.82, 2.24) is 14.6 Å². The van der Waals surface area contributed by atoms with Crippen LogP contribution in [0.4, 0.5) is 5.82 Å². The Morgan fingerprint density at radius 3 is 2.62 bits per heavy atom. The quantitative estimate of drug-likeness (QED) is 0.883. The fourth-order valence-electron chi connectivity index (χ4n) is 1.41. The van der Waals surface area contributed by atoms with Gasteiger partial charge in [-0.3, -0.25) is 14.9 Å². The molecule has 0 fully saturated rings. The van der Waals surface area contributed by atoms with Crippen LogP contribution in [0.25, 0.3) is 0 Å². The van der Waals surface area contributed by atoms with E-state index in [4.69, 9.17) is 0 Å². The van der Waals surface area contributed by atoms with Gasteiger partial charge < -0.3 is 4.98 Å². The number of rotatable bonds is 2. The first-order valence-corrected chi connectivity index (χ1v) is 5.54. The highest BCUT2D eigenvalue weighted by Gasteiger charge is 2.07. The molecule has 2 aromatic heterocycles. The van der Waals surface area contributed by atoms with Gasteiger partial charge in [0.1, 0.15) is 4.47 Å². The second-order valence-corrected chi connectivity index (χ2v) is 4.25. The minimum atomic E-state index is -0.208. The first kappa shape index (κ1) is 10.9. The van der Waals surface area contributed by atoms with Gasteiger partial charge in [0.2, 0.25) is 0 Å². The second kappa shape index (κ2) is 4.13. The molecule has 16 heavy (non-hydrogen) atoms. The molecule has 0 aliphatic rings. The molecular weight excluding hydrogens is 272 g/mol. The van der Waals surface area contributed by atoms with Crippen molar-refractivity contribution in [1.29, 1.82) is 0 Å². The van der Waals surface area contributed by atoms with Gasteiger partial charge in [-0.1, -0.05) is 0 Å². The van der Waals surface area contributed by atoms with Gasteiger partial charge in [-0.2, -0.15) is 0 Å². The monoisotopic (exact) mass is 282 g/mol. The van der Waals surface area contributed by atoms with Crippen molar-refractivity contribution in [3.8, 4) is 0 Å². The van der Waals surface area contributed by atoms with E-state index in [9.17, 15) is 4.79 Å². The summed E-state index contributed by atoms with van der Waals surface area (Å²) in [7, 11) is 0. The molecule has 0 aliphatic heterocycles. The molecule has 0 aliphatic carbocycles. The molecule has 5 nitrogen and oxygen atoms in total. The predicted molar refractivity (Wildman–Crippen MR) is 65.5 cm³/mol. The Labute approximate surface area is 101 Å². The van der Waals surface area contributed by atoms with Gasteiger partial charge in [-0.05, 0) is 41.9 Å². The third-order valence-corrected chi connectivity index (χ3v) is 3.02. The summed E-state index contributed by atoms with van der Waals surface area (Å²) in [5.41, 5.74) is 4.96. The molecule has 0 amide bonds. The summed E-state index contributed by atoms with van der Waals surface area (Å²) in [5, 5.41) is 0. The fraction of sp³-hybridized carbons (Fsp3) is 0.200. The van der Waals surface area contributed by atoms with Crippen LogP contribution >= 0.6 is 15.9 Å². The molecular formula is C10H11BrN4O. The van der Waals surface area contributed by atoms with Crippen molar-refractivity contribution in [3.05, 3.63) is 44.7 Å². The van der Waals surface area contributed by atoms with Gasteiger partial charge in [-0.15, -0.1) is 0 Å². The number of anilines is 1. The van der Waals surface area contributed by atoms with E-state index in [0.29, 0.717) is 10.3 Å². The van der Waals surface area contributed by atoms with Crippen molar-refractivity contribution in [2.75, 3.05) is 5.43 Å². The number of hydrogen-bond acceptors (Lipinski definition) is 3. The van der Waals surface area contributed by atoms with Crippen LogP contribution in [0.15, 0.2) is 27.7 Å². The smallest absolute Gasteiger partial charge is 0.267 e. The molecule has 6 heteroatoms. The Balaban J connectivity index is 2.42. The zero-order valence-corrected chi connectivity index (χ0v) is 10.5. The van der Waals surface area contributed by atoms with Crippen LogP contribution in [0, 0.1) is 13.8 Å². The second-order valence-electron chi connectivity index (χ2n) is 3.46. The predicted octanol–water partition coefficient (Wildman–Crippen LogP) is 1.83. The van der Waals surface area contributed by atoms with Crippen LogP contribution in [0.5, 0.6) is 0 Å². The van der Waals surface area contributed by atoms with E-state index in [1.54, 1.807) is 0 Å². The molecule has 2 aromatic rings. The molecule has 0 radical (unpaired) electrons. The summed E-state index contributed by atoms with van der Waals surface area (Å²) in [4.78, 5) is 17.9. The third kappa shape index (κ3) is 1.88. The SMILES string of the molecule is Cc1ccc(C)n1Nc1nc[nH]c(=O)c1Br. The summed E-state index contributed by atoms with van der Waals surface area (Å²) in [6, 6.07) is 3.98. The van der Waals surface area contributed by atoms with E-state index in [0.717, 1.165) is 11.4 Å². The molecule has 2 rings (SSSR count). The van der Waals surface area contributed by atoms with Crippen molar-refractivity contribution in [3.63, 3.8) is 0 Å². The van der Waals surface area contributed by atoms with Crippen molar-refractivity contribution >= 4 is 21.7 Å². The molecule has 0 saturated carbocycles. The lowest BCUT2D eigenvalue weighted by Crippen LogP contribution is -2.17. The molecule has 0 bridgehead atoms. The average molecular weight is 283 g/mol. The van der Waals surface area contributed by atoms with Crippen molar-refractivity contribution in [2.24, 2.45) is 0 Å². The molecule has 0 spiro atoms. The minimum absolute atomic E-state index is 0.208. The Morgan fingerprint density at radius 2 is 2.00 bits per heavy atom. The molecule has 84 valence electrons. The topological polar surface area (TPSA) is 62.7 Å².